The number of aromatic nitrogens is 2. The fraction of sp³-hybridized carbons (Fsp3) is 0.333. The van der Waals surface area contributed by atoms with Gasteiger partial charge >= 0.3 is 5.69 Å². The number of H-pyrrole nitrogens is 1. The predicted octanol–water partition coefficient (Wildman–Crippen LogP) is -0.772. The van der Waals surface area contributed by atoms with Crippen molar-refractivity contribution in [3.63, 3.8) is 0 Å². The summed E-state index contributed by atoms with van der Waals surface area (Å²) >= 11 is 0. The number of hydrogen-bond acceptors (Lipinski definition) is 6. The molecule has 146 valence electrons. The number of carbonyl (C=O) groups excluding carboxylic acids is 2. The maximum atomic E-state index is 12.8. The summed E-state index contributed by atoms with van der Waals surface area (Å²) in [7, 11) is 0. The number of nitrogens with zero attached hydrogens (tertiary/aromatic N) is 3. The molecule has 4 rings (SSSR count). The van der Waals surface area contributed by atoms with E-state index in [-0.39, 0.29) is 18.9 Å². The lowest BCUT2D eigenvalue weighted by Gasteiger charge is -2.32. The van der Waals surface area contributed by atoms with E-state index in [9.17, 15) is 19.2 Å². The van der Waals surface area contributed by atoms with Crippen LogP contribution in [0.1, 0.15) is 15.9 Å². The Morgan fingerprint density at radius 2 is 1.86 bits per heavy atom. The molecule has 0 bridgehead atoms. The first-order chi connectivity index (χ1) is 13.6. The predicted molar refractivity (Wildman–Crippen MR) is 96.5 cm³/mol. The van der Waals surface area contributed by atoms with Crippen molar-refractivity contribution < 1.29 is 19.1 Å². The number of rotatable bonds is 4. The number of benzene rings is 1. The molecule has 0 radical (unpaired) electrons. The van der Waals surface area contributed by atoms with Crippen LogP contribution in [0.5, 0.6) is 11.5 Å². The lowest BCUT2D eigenvalue weighted by atomic mass is 10.2. The van der Waals surface area contributed by atoms with Crippen molar-refractivity contribution in [3.05, 3.63) is 56.4 Å². The summed E-state index contributed by atoms with van der Waals surface area (Å²) < 4.78 is 11.5. The molecule has 0 spiro atoms. The topological polar surface area (TPSA) is 114 Å². The Morgan fingerprint density at radius 1 is 1.11 bits per heavy atom. The van der Waals surface area contributed by atoms with Gasteiger partial charge in [0.1, 0.15) is 5.56 Å². The number of nitrogens with one attached hydrogen (secondary N) is 1. The summed E-state index contributed by atoms with van der Waals surface area (Å²) in [4.78, 5) is 54.1. The van der Waals surface area contributed by atoms with Gasteiger partial charge in [-0.05, 0) is 17.7 Å². The zero-order valence-corrected chi connectivity index (χ0v) is 14.9. The van der Waals surface area contributed by atoms with Crippen LogP contribution in [-0.4, -0.2) is 64.6 Å². The molecule has 2 aliphatic rings. The Balaban J connectivity index is 1.59. The number of hydrogen-bond donors (Lipinski definition) is 1. The Morgan fingerprint density at radius 3 is 2.61 bits per heavy atom. The highest BCUT2D eigenvalue weighted by Crippen LogP contribution is 2.32. The van der Waals surface area contributed by atoms with Gasteiger partial charge in [0.25, 0.3) is 11.5 Å². The average Bonchev–Trinajstić information content (AvgIpc) is 3.18. The molecular weight excluding hydrogens is 368 g/mol. The SMILES string of the molecule is O=CN1CCN(C(=O)c2c[nH]c(=O)n(Cc3ccc4c(c3)OCO4)c2=O)CC1. The highest BCUT2D eigenvalue weighted by atomic mass is 16.7. The molecule has 10 heteroatoms. The minimum absolute atomic E-state index is 0.00908. The Hall–Kier alpha value is -3.56. The maximum absolute atomic E-state index is 12.8. The van der Waals surface area contributed by atoms with Gasteiger partial charge in [-0.15, -0.1) is 0 Å². The number of ether oxygens (including phenoxy) is 2. The van der Waals surface area contributed by atoms with Crippen LogP contribution in [0.3, 0.4) is 0 Å². The Labute approximate surface area is 158 Å². The fourth-order valence-corrected chi connectivity index (χ4v) is 3.23. The summed E-state index contributed by atoms with van der Waals surface area (Å²) in [5, 5.41) is 0. The van der Waals surface area contributed by atoms with Crippen LogP contribution in [0.15, 0.2) is 34.0 Å². The summed E-state index contributed by atoms with van der Waals surface area (Å²) in [6, 6.07) is 5.13. The first-order valence-corrected chi connectivity index (χ1v) is 8.76. The molecule has 1 N–H and O–H groups in total. The highest BCUT2D eigenvalue weighted by Gasteiger charge is 2.25. The van der Waals surface area contributed by atoms with Crippen molar-refractivity contribution in [1.29, 1.82) is 0 Å². The third-order valence-corrected chi connectivity index (χ3v) is 4.82. The summed E-state index contributed by atoms with van der Waals surface area (Å²) in [5.74, 6) is 0.678. The number of piperazine rings is 1. The van der Waals surface area contributed by atoms with Crippen molar-refractivity contribution in [1.82, 2.24) is 19.4 Å². The second kappa shape index (κ2) is 7.22. The van der Waals surface area contributed by atoms with E-state index in [1.54, 1.807) is 23.1 Å². The second-order valence-electron chi connectivity index (χ2n) is 6.52. The third kappa shape index (κ3) is 3.24. The number of fused-ring (bicyclic) bond motifs is 1. The van der Waals surface area contributed by atoms with Crippen molar-refractivity contribution in [2.75, 3.05) is 33.0 Å². The van der Waals surface area contributed by atoms with Crippen LogP contribution >= 0.6 is 0 Å². The molecule has 10 nitrogen and oxygen atoms in total. The van der Waals surface area contributed by atoms with E-state index >= 15 is 0 Å². The van der Waals surface area contributed by atoms with Crippen molar-refractivity contribution in [2.45, 2.75) is 6.54 Å². The molecule has 1 fully saturated rings. The molecule has 0 aliphatic carbocycles. The quantitative estimate of drug-likeness (QED) is 0.690. The Bertz CT molecular complexity index is 1040. The van der Waals surface area contributed by atoms with Gasteiger partial charge in [0.05, 0.1) is 6.54 Å². The molecule has 0 unspecified atom stereocenters. The summed E-state index contributed by atoms with van der Waals surface area (Å²) in [6.07, 6.45) is 1.88. The number of amides is 2. The monoisotopic (exact) mass is 386 g/mol. The minimum atomic E-state index is -0.663. The van der Waals surface area contributed by atoms with Gasteiger partial charge in [-0.2, -0.15) is 0 Å². The molecule has 2 aromatic rings. The van der Waals surface area contributed by atoms with Crippen LogP contribution in [0.2, 0.25) is 0 Å². The van der Waals surface area contributed by atoms with Gasteiger partial charge in [-0.1, -0.05) is 6.07 Å². The molecule has 2 amide bonds. The normalized spacial score (nSPS) is 15.6. The molecule has 2 aliphatic heterocycles. The smallest absolute Gasteiger partial charge is 0.328 e. The van der Waals surface area contributed by atoms with E-state index in [4.69, 9.17) is 9.47 Å². The third-order valence-electron chi connectivity index (χ3n) is 4.82. The van der Waals surface area contributed by atoms with E-state index in [1.807, 2.05) is 0 Å². The molecule has 1 saturated heterocycles. The average molecular weight is 386 g/mol. The van der Waals surface area contributed by atoms with Crippen LogP contribution in [0, 0.1) is 0 Å². The van der Waals surface area contributed by atoms with E-state index in [0.717, 1.165) is 17.2 Å². The van der Waals surface area contributed by atoms with E-state index in [1.165, 1.54) is 4.90 Å². The molecule has 0 atom stereocenters. The van der Waals surface area contributed by atoms with Gasteiger partial charge in [-0.25, -0.2) is 4.79 Å². The standard InChI is InChI=1S/C18H18N4O6/c23-10-20-3-5-21(6-4-20)16(24)13-8-19-18(26)22(17(13)25)9-12-1-2-14-15(7-12)28-11-27-14/h1-2,7-8,10H,3-6,9,11H2,(H,19,26). The fourth-order valence-electron chi connectivity index (χ4n) is 3.23. The van der Waals surface area contributed by atoms with Crippen molar-refractivity contribution >= 4 is 12.3 Å². The lowest BCUT2D eigenvalue weighted by molar-refractivity contribution is -0.119. The zero-order chi connectivity index (χ0) is 19.7. The van der Waals surface area contributed by atoms with Crippen molar-refractivity contribution in [3.8, 4) is 11.5 Å². The van der Waals surface area contributed by atoms with E-state index in [0.29, 0.717) is 43.2 Å². The van der Waals surface area contributed by atoms with Crippen LogP contribution in [0.4, 0.5) is 0 Å². The molecule has 1 aromatic carbocycles. The Kier molecular flexibility index (Phi) is 4.60. The van der Waals surface area contributed by atoms with Crippen molar-refractivity contribution in [2.24, 2.45) is 0 Å². The summed E-state index contributed by atoms with van der Waals surface area (Å²) in [5.41, 5.74) is -0.713. The van der Waals surface area contributed by atoms with Gasteiger partial charge in [0.15, 0.2) is 11.5 Å². The molecule has 28 heavy (non-hydrogen) atoms. The molecule has 0 saturated carbocycles. The maximum Gasteiger partial charge on any atom is 0.328 e. The second-order valence-corrected chi connectivity index (χ2v) is 6.52. The number of carbonyl (C=O) groups is 2. The zero-order valence-electron chi connectivity index (χ0n) is 14.9. The summed E-state index contributed by atoms with van der Waals surface area (Å²) in [6.45, 7) is 1.59. The largest absolute Gasteiger partial charge is 0.454 e. The van der Waals surface area contributed by atoms with Gasteiger partial charge in [0.2, 0.25) is 13.2 Å². The van der Waals surface area contributed by atoms with Crippen LogP contribution in [0.25, 0.3) is 0 Å². The minimum Gasteiger partial charge on any atom is -0.454 e. The van der Waals surface area contributed by atoms with Gasteiger partial charge < -0.3 is 24.3 Å². The molecule has 3 heterocycles. The lowest BCUT2D eigenvalue weighted by Crippen LogP contribution is -2.50. The van der Waals surface area contributed by atoms with Crippen LogP contribution in [-0.2, 0) is 11.3 Å². The molecule has 1 aromatic heterocycles. The number of aromatic amines is 1. The van der Waals surface area contributed by atoms with Gasteiger partial charge in [-0.3, -0.25) is 19.0 Å². The first kappa shape index (κ1) is 17.8. The van der Waals surface area contributed by atoms with Crippen LogP contribution < -0.4 is 20.7 Å². The molecular formula is C18H18N4O6. The highest BCUT2D eigenvalue weighted by molar-refractivity contribution is 5.93. The van der Waals surface area contributed by atoms with Gasteiger partial charge in [0, 0.05) is 32.4 Å². The van der Waals surface area contributed by atoms with E-state index in [2.05, 4.69) is 4.98 Å². The van der Waals surface area contributed by atoms with E-state index < -0.39 is 17.2 Å². The first-order valence-electron chi connectivity index (χ1n) is 8.76.